The van der Waals surface area contributed by atoms with Gasteiger partial charge < -0.3 is 16.8 Å². The molecule has 5 nitrogen and oxygen atoms in total. The second-order valence-electron chi connectivity index (χ2n) is 12.9. The summed E-state index contributed by atoms with van der Waals surface area (Å²) >= 11 is 0. The summed E-state index contributed by atoms with van der Waals surface area (Å²) in [5.74, 6) is 0. The molecule has 11 rings (SSSR count). The molecule has 0 aliphatic carbocycles. The van der Waals surface area contributed by atoms with Gasteiger partial charge in [0, 0.05) is 21.5 Å². The predicted octanol–water partition coefficient (Wildman–Crippen LogP) is 14.9. The Labute approximate surface area is 298 Å². The molecule has 0 fully saturated rings. The largest absolute Gasteiger partial charge is 0.415 e. The highest BCUT2D eigenvalue weighted by atomic mass is 31.1. The molecule has 0 atom stereocenters. The van der Waals surface area contributed by atoms with E-state index in [0.29, 0.717) is 10.9 Å². The summed E-state index contributed by atoms with van der Waals surface area (Å²) in [6.45, 7) is 0. The number of hydrogen-bond acceptors (Lipinski definition) is 5. The van der Waals surface area contributed by atoms with Crippen LogP contribution in [0.25, 0.3) is 97.8 Å². The Bertz CT molecular complexity index is 2920. The van der Waals surface area contributed by atoms with Gasteiger partial charge in [0.2, 0.25) is 0 Å². The van der Waals surface area contributed by atoms with Gasteiger partial charge in [0.25, 0.3) is 16.0 Å². The smallest absolute Gasteiger partial charge is 0.272 e. The third-order valence-corrected chi connectivity index (χ3v) is 12.6. The summed E-state index contributed by atoms with van der Waals surface area (Å²) in [5.41, 5.74) is 4.43. The maximum Gasteiger partial charge on any atom is 0.272 e. The minimum atomic E-state index is -1.69. The van der Waals surface area contributed by atoms with E-state index >= 15 is 0 Å². The Morgan fingerprint density at radius 1 is 0.288 bits per heavy atom. The van der Waals surface area contributed by atoms with E-state index in [4.69, 9.17) is 21.8 Å². The fraction of sp³-hybridized carbons (Fsp3) is 0. The lowest BCUT2D eigenvalue weighted by atomic mass is 9.99. The molecule has 246 valence electrons. The summed E-state index contributed by atoms with van der Waals surface area (Å²) in [6.07, 6.45) is 0. The monoisotopic (exact) mass is 707 g/mol. The molecule has 0 saturated carbocycles. The van der Waals surface area contributed by atoms with Crippen LogP contribution in [0.4, 0.5) is 0 Å². The molecule has 52 heavy (non-hydrogen) atoms. The zero-order chi connectivity index (χ0) is 34.2. The number of fused-ring (bicyclic) bond motifs is 14. The van der Waals surface area contributed by atoms with Crippen molar-refractivity contribution in [3.63, 3.8) is 0 Å². The standard InChI is InChI=1S/C45H27NO4P2/c1-5-14-32-28(10-1)20-24-36-42(32)43-33-15-6-2-11-29(33)21-25-37(43)48-51(47-36)40-18-9-19-41(46-40)52-49-38-26-22-30-12-3-7-16-34(30)44(38)45-35-17-8-4-13-31(35)23-27-39(45)50-52/h1-27H. The van der Waals surface area contributed by atoms with Crippen LogP contribution in [0.5, 0.6) is 0 Å². The lowest BCUT2D eigenvalue weighted by molar-refractivity contribution is 0.648. The van der Waals surface area contributed by atoms with Crippen molar-refractivity contribution in [2.75, 3.05) is 0 Å². The predicted molar refractivity (Wildman–Crippen MR) is 217 cm³/mol. The molecule has 0 N–H and O–H groups in total. The van der Waals surface area contributed by atoms with Gasteiger partial charge in [-0.25, -0.2) is 4.98 Å². The van der Waals surface area contributed by atoms with Crippen molar-refractivity contribution in [1.29, 1.82) is 0 Å². The molecule has 0 radical (unpaired) electrons. The molecule has 0 aliphatic rings. The van der Waals surface area contributed by atoms with Gasteiger partial charge in [0.1, 0.15) is 22.3 Å². The summed E-state index contributed by atoms with van der Waals surface area (Å²) < 4.78 is 27.5. The molecule has 11 aromatic rings. The first-order valence-corrected chi connectivity index (χ1v) is 19.5. The lowest BCUT2D eigenvalue weighted by Gasteiger charge is -2.05. The molecule has 0 unspecified atom stereocenters. The molecule has 0 amide bonds. The maximum atomic E-state index is 6.86. The van der Waals surface area contributed by atoms with Crippen molar-refractivity contribution >= 4 is 103 Å². The van der Waals surface area contributed by atoms with E-state index in [-0.39, 0.29) is 0 Å². The van der Waals surface area contributed by atoms with Crippen LogP contribution >= 0.6 is 16.0 Å². The third kappa shape index (κ3) is 4.61. The summed E-state index contributed by atoms with van der Waals surface area (Å²) in [6, 6.07) is 56.3. The fourth-order valence-electron chi connectivity index (χ4n) is 7.54. The van der Waals surface area contributed by atoms with E-state index < -0.39 is 16.0 Å². The molecule has 0 saturated heterocycles. The zero-order valence-electron chi connectivity index (χ0n) is 27.6. The molecule has 3 heterocycles. The summed E-state index contributed by atoms with van der Waals surface area (Å²) in [4.78, 5) is 5.20. The molecular formula is C45H27NO4P2. The minimum absolute atomic E-state index is 0.684. The number of aromatic nitrogens is 1. The zero-order valence-corrected chi connectivity index (χ0v) is 29.4. The van der Waals surface area contributed by atoms with Gasteiger partial charge >= 0.3 is 0 Å². The quantitative estimate of drug-likeness (QED) is 0.179. The van der Waals surface area contributed by atoms with Crippen molar-refractivity contribution in [2.24, 2.45) is 0 Å². The second kappa shape index (κ2) is 11.6. The van der Waals surface area contributed by atoms with Gasteiger partial charge in [-0.1, -0.05) is 127 Å². The van der Waals surface area contributed by atoms with Crippen molar-refractivity contribution in [3.8, 4) is 10.9 Å². The van der Waals surface area contributed by atoms with E-state index in [1.165, 1.54) is 0 Å². The van der Waals surface area contributed by atoms with Crippen LogP contribution < -0.4 is 0 Å². The van der Waals surface area contributed by atoms with E-state index in [2.05, 4.69) is 146 Å². The molecule has 8 aromatic carbocycles. The first-order valence-electron chi connectivity index (χ1n) is 17.1. The molecule has 0 bridgehead atoms. The highest BCUT2D eigenvalue weighted by molar-refractivity contribution is 7.46. The Morgan fingerprint density at radius 3 is 0.885 bits per heavy atom. The Hall–Kier alpha value is -6.25. The van der Waals surface area contributed by atoms with Crippen molar-refractivity contribution < 1.29 is 16.8 Å². The third-order valence-electron chi connectivity index (χ3n) is 9.88. The van der Waals surface area contributed by atoms with Gasteiger partial charge in [0.05, 0.1) is 0 Å². The lowest BCUT2D eigenvalue weighted by Crippen LogP contribution is -1.79. The van der Waals surface area contributed by atoms with Gasteiger partial charge in [-0.3, -0.25) is 0 Å². The Morgan fingerprint density at radius 2 is 0.577 bits per heavy atom. The number of hydrogen-bond donors (Lipinski definition) is 0. The summed E-state index contributed by atoms with van der Waals surface area (Å²) in [5, 5.41) is 13.1. The van der Waals surface area contributed by atoms with Crippen LogP contribution in [0.1, 0.15) is 0 Å². The molecule has 0 spiro atoms. The molecule has 3 aromatic heterocycles. The van der Waals surface area contributed by atoms with Crippen LogP contribution in [0, 0.1) is 0 Å². The highest BCUT2D eigenvalue weighted by Crippen LogP contribution is 2.49. The van der Waals surface area contributed by atoms with Crippen LogP contribution in [-0.2, 0) is 0 Å². The average molecular weight is 708 g/mol. The number of nitrogens with zero attached hydrogens (tertiary/aromatic N) is 1. The molecule has 7 heteroatoms. The fourth-order valence-corrected chi connectivity index (χ4v) is 10.2. The van der Waals surface area contributed by atoms with Gasteiger partial charge in [-0.05, 0) is 79.5 Å². The first-order chi connectivity index (χ1) is 25.8. The highest BCUT2D eigenvalue weighted by Gasteiger charge is 2.18. The minimum Gasteiger partial charge on any atom is -0.415 e. The normalized spacial score (nSPS) is 11.8. The van der Waals surface area contributed by atoms with Crippen LogP contribution in [0.15, 0.2) is 181 Å². The van der Waals surface area contributed by atoms with Gasteiger partial charge in [-0.15, -0.1) is 0 Å². The van der Waals surface area contributed by atoms with Gasteiger partial charge in [0.15, 0.2) is 10.9 Å². The molecule has 0 aliphatic heterocycles. The maximum absolute atomic E-state index is 6.86. The Kier molecular flexibility index (Phi) is 6.60. The number of benzene rings is 8. The first kappa shape index (κ1) is 29.5. The second-order valence-corrected chi connectivity index (χ2v) is 15.5. The topological polar surface area (TPSA) is 65.5 Å². The SMILES string of the molecule is c1cc(-p2oc3ccc4ccccc4c3c3c(ccc4ccccc43)o2)nc(-p2oc3ccc4ccccc4c3c3c(ccc4ccccc43)o2)c1. The van der Waals surface area contributed by atoms with E-state index in [9.17, 15) is 0 Å². The number of pyridine rings is 1. The van der Waals surface area contributed by atoms with Crippen molar-refractivity contribution in [2.45, 2.75) is 0 Å². The van der Waals surface area contributed by atoms with E-state index in [0.717, 1.165) is 87.0 Å². The van der Waals surface area contributed by atoms with Crippen molar-refractivity contribution in [1.82, 2.24) is 4.98 Å². The van der Waals surface area contributed by atoms with Crippen LogP contribution in [0.2, 0.25) is 0 Å². The van der Waals surface area contributed by atoms with E-state index in [1.54, 1.807) is 0 Å². The van der Waals surface area contributed by atoms with Crippen LogP contribution in [-0.4, -0.2) is 4.98 Å². The summed E-state index contributed by atoms with van der Waals surface area (Å²) in [7, 11) is -3.37. The Balaban J connectivity index is 1.20. The molecular weight excluding hydrogens is 680 g/mol. The number of rotatable bonds is 2. The van der Waals surface area contributed by atoms with Crippen LogP contribution in [0.3, 0.4) is 0 Å². The van der Waals surface area contributed by atoms with Crippen molar-refractivity contribution in [3.05, 3.63) is 164 Å². The average Bonchev–Trinajstić information content (AvgIpc) is 3.50. The van der Waals surface area contributed by atoms with Gasteiger partial charge in [-0.2, -0.15) is 0 Å². The van der Waals surface area contributed by atoms with E-state index in [1.807, 2.05) is 18.2 Å².